The molecule has 164 valence electrons. The van der Waals surface area contributed by atoms with Crippen molar-refractivity contribution in [1.82, 2.24) is 25.3 Å². The van der Waals surface area contributed by atoms with Crippen LogP contribution in [0.15, 0.2) is 42.5 Å². The molecule has 2 aromatic heterocycles. The van der Waals surface area contributed by atoms with E-state index in [4.69, 9.17) is 4.74 Å². The lowest BCUT2D eigenvalue weighted by molar-refractivity contribution is -0.116. The fourth-order valence-electron chi connectivity index (χ4n) is 4.53. The number of carbonyl (C=O) groups excluding carboxylic acids is 2. The number of ether oxygens (including phenoxy) is 1. The van der Waals surface area contributed by atoms with Crippen LogP contribution in [0.1, 0.15) is 35.2 Å². The summed E-state index contributed by atoms with van der Waals surface area (Å²) in [6.07, 6.45) is 7.79. The second-order valence-electron chi connectivity index (χ2n) is 7.99. The third kappa shape index (κ3) is 3.59. The van der Waals surface area contributed by atoms with Crippen LogP contribution >= 0.6 is 0 Å². The first-order chi connectivity index (χ1) is 15.7. The SMILES string of the molecule is CNC(=O)C=C1CCc2c(OC[C@H]3CCCN3c3ncnc4nc[nH]c34)cccc2C1=O. The summed E-state index contributed by atoms with van der Waals surface area (Å²) in [5.41, 5.74) is 3.54. The number of aromatic amines is 1. The van der Waals surface area contributed by atoms with Crippen molar-refractivity contribution >= 4 is 28.7 Å². The number of imidazole rings is 1. The molecule has 2 N–H and O–H groups in total. The number of amides is 1. The van der Waals surface area contributed by atoms with Gasteiger partial charge in [-0.05, 0) is 31.7 Å². The van der Waals surface area contributed by atoms with Crippen LogP contribution in [0.5, 0.6) is 5.75 Å². The van der Waals surface area contributed by atoms with E-state index in [2.05, 4.69) is 30.2 Å². The second kappa shape index (κ2) is 8.41. The first-order valence-electron chi connectivity index (χ1n) is 10.8. The van der Waals surface area contributed by atoms with E-state index in [0.717, 1.165) is 42.0 Å². The average Bonchev–Trinajstić information content (AvgIpc) is 3.48. The third-order valence-corrected chi connectivity index (χ3v) is 6.15. The summed E-state index contributed by atoms with van der Waals surface area (Å²) in [6.45, 7) is 1.38. The van der Waals surface area contributed by atoms with Gasteiger partial charge in [-0.25, -0.2) is 15.0 Å². The average molecular weight is 432 g/mol. The lowest BCUT2D eigenvalue weighted by Crippen LogP contribution is -2.35. The Morgan fingerprint density at radius 2 is 2.22 bits per heavy atom. The Morgan fingerprint density at radius 1 is 1.31 bits per heavy atom. The minimum atomic E-state index is -0.262. The van der Waals surface area contributed by atoms with Gasteiger partial charge in [-0.3, -0.25) is 9.59 Å². The number of ketones is 1. The maximum Gasteiger partial charge on any atom is 0.244 e. The van der Waals surface area contributed by atoms with E-state index >= 15 is 0 Å². The summed E-state index contributed by atoms with van der Waals surface area (Å²) in [5.74, 6) is 1.20. The van der Waals surface area contributed by atoms with Crippen molar-refractivity contribution in [3.05, 3.63) is 53.6 Å². The van der Waals surface area contributed by atoms with Crippen molar-refractivity contribution in [3.8, 4) is 5.75 Å². The highest BCUT2D eigenvalue weighted by molar-refractivity contribution is 6.13. The number of hydrogen-bond acceptors (Lipinski definition) is 7. The Morgan fingerprint density at radius 3 is 3.09 bits per heavy atom. The fourth-order valence-corrected chi connectivity index (χ4v) is 4.53. The van der Waals surface area contributed by atoms with E-state index in [1.165, 1.54) is 12.4 Å². The molecule has 0 spiro atoms. The van der Waals surface area contributed by atoms with Crippen LogP contribution in [0.25, 0.3) is 11.2 Å². The molecule has 1 saturated heterocycles. The van der Waals surface area contributed by atoms with Crippen molar-refractivity contribution in [2.24, 2.45) is 0 Å². The summed E-state index contributed by atoms with van der Waals surface area (Å²) in [7, 11) is 1.55. The Balaban J connectivity index is 1.35. The van der Waals surface area contributed by atoms with E-state index in [1.807, 2.05) is 12.1 Å². The second-order valence-corrected chi connectivity index (χ2v) is 7.99. The van der Waals surface area contributed by atoms with Gasteiger partial charge >= 0.3 is 0 Å². The van der Waals surface area contributed by atoms with Gasteiger partial charge in [0.25, 0.3) is 0 Å². The predicted octanol–water partition coefficient (Wildman–Crippen LogP) is 2.20. The van der Waals surface area contributed by atoms with Crippen LogP contribution in [0, 0.1) is 0 Å². The van der Waals surface area contributed by atoms with Gasteiger partial charge in [0.05, 0.1) is 12.4 Å². The minimum absolute atomic E-state index is 0.106. The zero-order valence-electron chi connectivity index (χ0n) is 17.8. The molecule has 5 rings (SSSR count). The molecular formula is C23H24N6O3. The zero-order valence-corrected chi connectivity index (χ0v) is 17.8. The van der Waals surface area contributed by atoms with E-state index in [9.17, 15) is 9.59 Å². The van der Waals surface area contributed by atoms with Crippen LogP contribution in [0.2, 0.25) is 0 Å². The highest BCUT2D eigenvalue weighted by Gasteiger charge is 2.30. The van der Waals surface area contributed by atoms with Crippen molar-refractivity contribution in [3.63, 3.8) is 0 Å². The van der Waals surface area contributed by atoms with Gasteiger partial charge in [-0.1, -0.05) is 12.1 Å². The van der Waals surface area contributed by atoms with Gasteiger partial charge in [-0.15, -0.1) is 0 Å². The Labute approximate surface area is 184 Å². The number of hydrogen-bond donors (Lipinski definition) is 2. The molecule has 0 unspecified atom stereocenters. The topological polar surface area (TPSA) is 113 Å². The van der Waals surface area contributed by atoms with Crippen molar-refractivity contribution < 1.29 is 14.3 Å². The molecule has 1 aromatic carbocycles. The van der Waals surface area contributed by atoms with Crippen molar-refractivity contribution in [2.45, 2.75) is 31.7 Å². The van der Waals surface area contributed by atoms with Crippen molar-refractivity contribution in [1.29, 1.82) is 0 Å². The van der Waals surface area contributed by atoms with Gasteiger partial charge in [-0.2, -0.15) is 0 Å². The molecule has 1 fully saturated rings. The number of rotatable bonds is 5. The standard InChI is InChI=1S/C23H24N6O3/c1-24-19(30)10-14-7-8-16-17(21(14)31)5-2-6-18(16)32-11-15-4-3-9-29(15)23-20-22(26-12-25-20)27-13-28-23/h2,5-6,10,12-13,15H,3-4,7-9,11H2,1H3,(H,24,30)(H,25,26,27,28)/t15-/m1/s1. The van der Waals surface area contributed by atoms with E-state index < -0.39 is 0 Å². The summed E-state index contributed by atoms with van der Waals surface area (Å²) in [6, 6.07) is 5.71. The molecule has 1 amide bonds. The number of Topliss-reactive ketones (excluding diaryl/α,β-unsaturated/α-hetero) is 1. The number of benzene rings is 1. The number of H-pyrrole nitrogens is 1. The molecule has 1 aliphatic carbocycles. The maximum atomic E-state index is 12.9. The molecule has 9 heteroatoms. The molecule has 32 heavy (non-hydrogen) atoms. The number of aromatic nitrogens is 4. The molecule has 1 atom stereocenters. The van der Waals surface area contributed by atoms with Crippen LogP contribution in [0.3, 0.4) is 0 Å². The fraction of sp³-hybridized carbons (Fsp3) is 0.348. The van der Waals surface area contributed by atoms with Crippen LogP contribution in [-0.4, -0.2) is 57.9 Å². The Hall–Kier alpha value is -3.75. The van der Waals surface area contributed by atoms with Crippen LogP contribution < -0.4 is 15.0 Å². The summed E-state index contributed by atoms with van der Waals surface area (Å²) < 4.78 is 6.26. The number of carbonyl (C=O) groups is 2. The molecule has 2 aliphatic rings. The van der Waals surface area contributed by atoms with E-state index in [1.54, 1.807) is 19.4 Å². The summed E-state index contributed by atoms with van der Waals surface area (Å²) in [4.78, 5) is 42.9. The lowest BCUT2D eigenvalue weighted by Gasteiger charge is -2.27. The molecule has 3 aromatic rings. The van der Waals surface area contributed by atoms with Crippen LogP contribution in [-0.2, 0) is 11.2 Å². The van der Waals surface area contributed by atoms with Gasteiger partial charge in [0.2, 0.25) is 5.91 Å². The smallest absolute Gasteiger partial charge is 0.244 e. The Kier molecular flexibility index (Phi) is 5.30. The van der Waals surface area contributed by atoms with E-state index in [-0.39, 0.29) is 17.7 Å². The zero-order chi connectivity index (χ0) is 22.1. The minimum Gasteiger partial charge on any atom is -0.491 e. The van der Waals surface area contributed by atoms with E-state index in [0.29, 0.717) is 36.2 Å². The molecule has 0 bridgehead atoms. The first kappa shape index (κ1) is 20.2. The monoisotopic (exact) mass is 432 g/mol. The normalized spacial score (nSPS) is 19.4. The molecule has 3 heterocycles. The summed E-state index contributed by atoms with van der Waals surface area (Å²) in [5, 5.41) is 2.53. The van der Waals surface area contributed by atoms with Crippen LogP contribution in [0.4, 0.5) is 5.82 Å². The molecular weight excluding hydrogens is 408 g/mol. The number of likely N-dealkylation sites (N-methyl/N-ethyl adjacent to an activating group) is 1. The maximum absolute atomic E-state index is 12.9. The number of anilines is 1. The predicted molar refractivity (Wildman–Crippen MR) is 119 cm³/mol. The largest absolute Gasteiger partial charge is 0.491 e. The van der Waals surface area contributed by atoms with Gasteiger partial charge in [0.15, 0.2) is 17.2 Å². The summed E-state index contributed by atoms with van der Waals surface area (Å²) >= 11 is 0. The number of nitrogens with zero attached hydrogens (tertiary/aromatic N) is 4. The Bertz CT molecular complexity index is 1220. The molecule has 0 saturated carbocycles. The third-order valence-electron chi connectivity index (χ3n) is 6.15. The first-order valence-corrected chi connectivity index (χ1v) is 10.8. The molecule has 0 radical (unpaired) electrons. The number of fused-ring (bicyclic) bond motifs is 2. The highest BCUT2D eigenvalue weighted by Crippen LogP contribution is 2.33. The molecule has 1 aliphatic heterocycles. The number of allylic oxidation sites excluding steroid dienone is 1. The van der Waals surface area contributed by atoms with Gasteiger partial charge in [0, 0.05) is 36.4 Å². The highest BCUT2D eigenvalue weighted by atomic mass is 16.5. The van der Waals surface area contributed by atoms with Crippen molar-refractivity contribution in [2.75, 3.05) is 25.1 Å². The molecule has 9 nitrogen and oxygen atoms in total. The van der Waals surface area contributed by atoms with Gasteiger partial charge < -0.3 is 19.9 Å². The lowest BCUT2D eigenvalue weighted by atomic mass is 9.86. The quantitative estimate of drug-likeness (QED) is 0.594. The van der Waals surface area contributed by atoms with Gasteiger partial charge in [0.1, 0.15) is 24.2 Å². The number of nitrogens with one attached hydrogen (secondary N) is 2.